The first-order valence-corrected chi connectivity index (χ1v) is 4.81. The molecule has 0 atom stereocenters. The van der Waals surface area contributed by atoms with Crippen molar-refractivity contribution in [3.05, 3.63) is 10.1 Å². The van der Waals surface area contributed by atoms with E-state index in [2.05, 4.69) is 5.32 Å². The average Bonchev–Trinajstić information content (AvgIpc) is 1.98. The Morgan fingerprint density at radius 2 is 1.94 bits per heavy atom. The Bertz CT molecular complexity index is 282. The van der Waals surface area contributed by atoms with Crippen LogP contribution in [-0.2, 0) is 9.53 Å². The SMILES string of the molecule is CC(C)(C)OC(=O)NCCC(=O)C[N+](=O)[O-]. The maximum atomic E-state index is 11.1. The van der Waals surface area contributed by atoms with Crippen molar-refractivity contribution >= 4 is 11.9 Å². The van der Waals surface area contributed by atoms with E-state index >= 15 is 0 Å². The predicted octanol–water partition coefficient (Wildman–Crippen LogP) is 0.747. The summed E-state index contributed by atoms with van der Waals surface area (Å²) in [6.07, 6.45) is -0.707. The lowest BCUT2D eigenvalue weighted by molar-refractivity contribution is -0.467. The van der Waals surface area contributed by atoms with Gasteiger partial charge in [-0.15, -0.1) is 0 Å². The Kier molecular flexibility index (Phi) is 5.41. The zero-order valence-electron chi connectivity index (χ0n) is 9.61. The summed E-state index contributed by atoms with van der Waals surface area (Å²) in [6.45, 7) is 4.47. The van der Waals surface area contributed by atoms with Crippen LogP contribution in [-0.4, -0.2) is 35.5 Å². The van der Waals surface area contributed by atoms with E-state index in [-0.39, 0.29) is 13.0 Å². The highest BCUT2D eigenvalue weighted by molar-refractivity contribution is 5.80. The van der Waals surface area contributed by atoms with E-state index in [1.54, 1.807) is 20.8 Å². The molecule has 0 saturated heterocycles. The lowest BCUT2D eigenvalue weighted by Crippen LogP contribution is -2.34. The first kappa shape index (κ1) is 14.3. The highest BCUT2D eigenvalue weighted by atomic mass is 16.6. The molecule has 0 fully saturated rings. The van der Waals surface area contributed by atoms with Gasteiger partial charge in [0.25, 0.3) is 6.54 Å². The molecule has 0 aliphatic rings. The number of ether oxygens (including phenoxy) is 1. The van der Waals surface area contributed by atoms with E-state index in [0.717, 1.165) is 0 Å². The van der Waals surface area contributed by atoms with Crippen LogP contribution in [0.15, 0.2) is 0 Å². The molecule has 0 aromatic heterocycles. The summed E-state index contributed by atoms with van der Waals surface area (Å²) in [5.74, 6) is -0.527. The Hall–Kier alpha value is -1.66. The summed E-state index contributed by atoms with van der Waals surface area (Å²) in [6, 6.07) is 0. The Labute approximate surface area is 93.3 Å². The quantitative estimate of drug-likeness (QED) is 0.557. The van der Waals surface area contributed by atoms with E-state index in [1.807, 2.05) is 0 Å². The molecular formula is C9H16N2O5. The zero-order valence-corrected chi connectivity index (χ0v) is 9.61. The molecule has 0 aromatic carbocycles. The Morgan fingerprint density at radius 1 is 1.38 bits per heavy atom. The van der Waals surface area contributed by atoms with Crippen LogP contribution in [0.3, 0.4) is 0 Å². The normalized spacial score (nSPS) is 10.7. The minimum Gasteiger partial charge on any atom is -0.444 e. The molecule has 0 rings (SSSR count). The van der Waals surface area contributed by atoms with Crippen LogP contribution < -0.4 is 5.32 Å². The largest absolute Gasteiger partial charge is 0.444 e. The first-order valence-electron chi connectivity index (χ1n) is 4.81. The molecule has 7 nitrogen and oxygen atoms in total. The van der Waals surface area contributed by atoms with E-state index < -0.39 is 28.9 Å². The molecule has 0 aliphatic carbocycles. The third-order valence-corrected chi connectivity index (χ3v) is 1.38. The van der Waals surface area contributed by atoms with Crippen LogP contribution in [0, 0.1) is 10.1 Å². The maximum absolute atomic E-state index is 11.1. The number of carbonyl (C=O) groups excluding carboxylic acids is 2. The number of hydrogen-bond donors (Lipinski definition) is 1. The number of Topliss-reactive ketones (excluding diaryl/α,β-unsaturated/α-hetero) is 1. The molecule has 0 radical (unpaired) electrons. The molecule has 7 heteroatoms. The van der Waals surface area contributed by atoms with Gasteiger partial charge in [0, 0.05) is 17.9 Å². The van der Waals surface area contributed by atoms with Crippen molar-refractivity contribution in [2.24, 2.45) is 0 Å². The van der Waals surface area contributed by atoms with Gasteiger partial charge in [-0.25, -0.2) is 4.79 Å². The van der Waals surface area contributed by atoms with Crippen LogP contribution in [0.1, 0.15) is 27.2 Å². The van der Waals surface area contributed by atoms with Crippen molar-refractivity contribution in [2.75, 3.05) is 13.1 Å². The fourth-order valence-electron chi connectivity index (χ4n) is 0.841. The molecule has 16 heavy (non-hydrogen) atoms. The lowest BCUT2D eigenvalue weighted by Gasteiger charge is -2.19. The van der Waals surface area contributed by atoms with Crippen molar-refractivity contribution in [1.82, 2.24) is 5.32 Å². The van der Waals surface area contributed by atoms with Gasteiger partial charge in [0.05, 0.1) is 0 Å². The summed E-state index contributed by atoms with van der Waals surface area (Å²) in [5.41, 5.74) is -0.602. The van der Waals surface area contributed by atoms with E-state index in [0.29, 0.717) is 0 Å². The number of nitro groups is 1. The minimum absolute atomic E-state index is 0.0432. The molecule has 0 spiro atoms. The summed E-state index contributed by atoms with van der Waals surface area (Å²) in [4.78, 5) is 31.2. The standard InChI is InChI=1S/C9H16N2O5/c1-9(2,3)16-8(13)10-5-4-7(12)6-11(14)15/h4-6H2,1-3H3,(H,10,13). The number of nitrogens with zero attached hydrogens (tertiary/aromatic N) is 1. The van der Waals surface area contributed by atoms with E-state index in [4.69, 9.17) is 4.74 Å². The molecule has 0 aromatic rings. The molecule has 92 valence electrons. The number of amides is 1. The summed E-state index contributed by atoms with van der Waals surface area (Å²) >= 11 is 0. The van der Waals surface area contributed by atoms with E-state index in [1.165, 1.54) is 0 Å². The monoisotopic (exact) mass is 232 g/mol. The number of carbonyl (C=O) groups is 2. The van der Waals surface area contributed by atoms with Crippen molar-refractivity contribution in [3.8, 4) is 0 Å². The van der Waals surface area contributed by atoms with Gasteiger partial charge in [0.1, 0.15) is 5.60 Å². The van der Waals surface area contributed by atoms with Crippen molar-refractivity contribution in [1.29, 1.82) is 0 Å². The van der Waals surface area contributed by atoms with Gasteiger partial charge < -0.3 is 10.1 Å². The number of hydrogen-bond acceptors (Lipinski definition) is 5. The first-order chi connectivity index (χ1) is 7.20. The van der Waals surface area contributed by atoms with Crippen LogP contribution in [0.5, 0.6) is 0 Å². The number of nitrogens with one attached hydrogen (secondary N) is 1. The van der Waals surface area contributed by atoms with Crippen LogP contribution in [0.25, 0.3) is 0 Å². The number of rotatable bonds is 5. The van der Waals surface area contributed by atoms with Gasteiger partial charge >= 0.3 is 6.09 Å². The maximum Gasteiger partial charge on any atom is 0.407 e. The molecule has 0 aliphatic heterocycles. The number of alkyl carbamates (subject to hydrolysis) is 1. The molecule has 0 heterocycles. The van der Waals surface area contributed by atoms with Crippen LogP contribution >= 0.6 is 0 Å². The van der Waals surface area contributed by atoms with Gasteiger partial charge in [0.2, 0.25) is 5.78 Å². The fourth-order valence-corrected chi connectivity index (χ4v) is 0.841. The molecule has 0 bridgehead atoms. The van der Waals surface area contributed by atoms with Crippen molar-refractivity contribution in [3.63, 3.8) is 0 Å². The minimum atomic E-state index is -0.712. The van der Waals surface area contributed by atoms with Gasteiger partial charge in [-0.1, -0.05) is 0 Å². The van der Waals surface area contributed by atoms with Crippen LogP contribution in [0.2, 0.25) is 0 Å². The molecule has 0 saturated carbocycles. The zero-order chi connectivity index (χ0) is 12.8. The predicted molar refractivity (Wildman–Crippen MR) is 55.7 cm³/mol. The van der Waals surface area contributed by atoms with Gasteiger partial charge in [-0.05, 0) is 20.8 Å². The lowest BCUT2D eigenvalue weighted by atomic mass is 10.2. The second-order valence-electron chi connectivity index (χ2n) is 4.21. The fraction of sp³-hybridized carbons (Fsp3) is 0.778. The average molecular weight is 232 g/mol. The third kappa shape index (κ3) is 8.92. The van der Waals surface area contributed by atoms with E-state index in [9.17, 15) is 19.7 Å². The van der Waals surface area contributed by atoms with Crippen LogP contribution in [0.4, 0.5) is 4.79 Å². The molecular weight excluding hydrogens is 216 g/mol. The topological polar surface area (TPSA) is 98.5 Å². The molecule has 0 unspecified atom stereocenters. The third-order valence-electron chi connectivity index (χ3n) is 1.38. The summed E-state index contributed by atoms with van der Waals surface area (Å²) < 4.78 is 4.91. The second kappa shape index (κ2) is 6.04. The smallest absolute Gasteiger partial charge is 0.407 e. The highest BCUT2D eigenvalue weighted by Gasteiger charge is 2.16. The number of ketones is 1. The van der Waals surface area contributed by atoms with Crippen molar-refractivity contribution in [2.45, 2.75) is 32.8 Å². The Balaban J connectivity index is 3.70. The van der Waals surface area contributed by atoms with Crippen molar-refractivity contribution < 1.29 is 19.2 Å². The van der Waals surface area contributed by atoms with Gasteiger partial charge in [-0.3, -0.25) is 14.9 Å². The second-order valence-corrected chi connectivity index (χ2v) is 4.21. The highest BCUT2D eigenvalue weighted by Crippen LogP contribution is 2.06. The molecule has 1 amide bonds. The summed E-state index contributed by atoms with van der Waals surface area (Å²) in [5, 5.41) is 12.3. The van der Waals surface area contributed by atoms with Gasteiger partial charge in [-0.2, -0.15) is 0 Å². The molecule has 1 N–H and O–H groups in total. The Morgan fingerprint density at radius 3 is 2.38 bits per heavy atom. The summed E-state index contributed by atoms with van der Waals surface area (Å²) in [7, 11) is 0. The van der Waals surface area contributed by atoms with Gasteiger partial charge in [0.15, 0.2) is 0 Å².